The van der Waals surface area contributed by atoms with E-state index in [-0.39, 0.29) is 12.2 Å². The summed E-state index contributed by atoms with van der Waals surface area (Å²) in [4.78, 5) is 0. The minimum absolute atomic E-state index is 0.0226. The molecule has 0 saturated carbocycles. The van der Waals surface area contributed by atoms with E-state index in [1.165, 1.54) is 0 Å². The zero-order valence-corrected chi connectivity index (χ0v) is 8.45. The molecule has 1 saturated heterocycles. The highest BCUT2D eigenvalue weighted by molar-refractivity contribution is 6.32. The number of benzene rings is 1. The Hall–Kier alpha value is -1.05. The summed E-state index contributed by atoms with van der Waals surface area (Å²) in [6.07, 6.45) is 3.82. The Morgan fingerprint density at radius 3 is 2.64 bits per heavy atom. The van der Waals surface area contributed by atoms with Gasteiger partial charge in [-0.1, -0.05) is 48.0 Å². The van der Waals surface area contributed by atoms with Crippen LogP contribution in [0.2, 0.25) is 0 Å². The molecule has 0 bridgehead atoms. The standard InChI is InChI=1S/C12H11ClO/c1-2-11-12(14-11)10(13)8-9-6-4-3-5-7-9/h2-8,11-12H,1H2/b10-8-/t11-,12+/m1/s1. The van der Waals surface area contributed by atoms with Gasteiger partial charge in [0, 0.05) is 0 Å². The van der Waals surface area contributed by atoms with Gasteiger partial charge < -0.3 is 4.74 Å². The van der Waals surface area contributed by atoms with Crippen LogP contribution in [0.25, 0.3) is 6.08 Å². The van der Waals surface area contributed by atoms with Crippen LogP contribution >= 0.6 is 11.6 Å². The average Bonchev–Trinajstić information content (AvgIpc) is 2.98. The van der Waals surface area contributed by atoms with Gasteiger partial charge in [0.2, 0.25) is 0 Å². The largest absolute Gasteiger partial charge is 0.359 e. The van der Waals surface area contributed by atoms with E-state index in [1.54, 1.807) is 6.08 Å². The predicted octanol–water partition coefficient (Wildman–Crippen LogP) is 3.22. The van der Waals surface area contributed by atoms with E-state index in [9.17, 15) is 0 Å². The Bertz CT molecular complexity index is 356. The average molecular weight is 207 g/mol. The smallest absolute Gasteiger partial charge is 0.124 e. The molecule has 0 unspecified atom stereocenters. The molecule has 1 aliphatic heterocycles. The summed E-state index contributed by atoms with van der Waals surface area (Å²) in [6, 6.07) is 9.95. The highest BCUT2D eigenvalue weighted by atomic mass is 35.5. The van der Waals surface area contributed by atoms with Crippen molar-refractivity contribution < 1.29 is 4.74 Å². The van der Waals surface area contributed by atoms with Crippen LogP contribution < -0.4 is 0 Å². The number of halogens is 1. The third-order valence-corrected chi connectivity index (χ3v) is 2.46. The van der Waals surface area contributed by atoms with Crippen LogP contribution in [0.5, 0.6) is 0 Å². The minimum atomic E-state index is 0.0226. The second-order valence-corrected chi connectivity index (χ2v) is 3.63. The number of ether oxygens (including phenoxy) is 1. The summed E-state index contributed by atoms with van der Waals surface area (Å²) >= 11 is 6.07. The molecule has 1 aromatic carbocycles. The molecule has 1 heterocycles. The van der Waals surface area contributed by atoms with Gasteiger partial charge in [-0.2, -0.15) is 0 Å². The lowest BCUT2D eigenvalue weighted by molar-refractivity contribution is 0.412. The van der Waals surface area contributed by atoms with Gasteiger partial charge in [0.1, 0.15) is 12.2 Å². The molecule has 0 amide bonds. The maximum Gasteiger partial charge on any atom is 0.124 e. The molecule has 0 N–H and O–H groups in total. The van der Waals surface area contributed by atoms with E-state index in [1.807, 2.05) is 36.4 Å². The number of hydrogen-bond acceptors (Lipinski definition) is 1. The van der Waals surface area contributed by atoms with E-state index in [4.69, 9.17) is 16.3 Å². The number of epoxide rings is 1. The molecule has 2 atom stereocenters. The first-order valence-corrected chi connectivity index (χ1v) is 4.89. The van der Waals surface area contributed by atoms with Crippen molar-refractivity contribution in [3.63, 3.8) is 0 Å². The van der Waals surface area contributed by atoms with Crippen molar-refractivity contribution in [3.05, 3.63) is 53.6 Å². The first kappa shape index (κ1) is 9.50. The molecule has 14 heavy (non-hydrogen) atoms. The van der Waals surface area contributed by atoms with Crippen molar-refractivity contribution >= 4 is 17.7 Å². The molecule has 2 heteroatoms. The van der Waals surface area contributed by atoms with E-state index in [0.29, 0.717) is 0 Å². The second-order valence-electron chi connectivity index (χ2n) is 3.20. The molecule has 2 rings (SSSR count). The van der Waals surface area contributed by atoms with Crippen molar-refractivity contribution in [2.45, 2.75) is 12.2 Å². The van der Waals surface area contributed by atoms with E-state index >= 15 is 0 Å². The van der Waals surface area contributed by atoms with Crippen molar-refractivity contribution in [1.82, 2.24) is 0 Å². The van der Waals surface area contributed by atoms with Crippen LogP contribution in [-0.2, 0) is 4.74 Å². The van der Waals surface area contributed by atoms with Gasteiger partial charge in [0.25, 0.3) is 0 Å². The zero-order valence-electron chi connectivity index (χ0n) is 7.69. The summed E-state index contributed by atoms with van der Waals surface area (Å²) in [5.41, 5.74) is 1.09. The predicted molar refractivity (Wildman–Crippen MR) is 59.1 cm³/mol. The van der Waals surface area contributed by atoms with Crippen LogP contribution in [-0.4, -0.2) is 12.2 Å². The fourth-order valence-electron chi connectivity index (χ4n) is 1.32. The minimum Gasteiger partial charge on any atom is -0.359 e. The fraction of sp³-hybridized carbons (Fsp3) is 0.167. The first-order valence-electron chi connectivity index (χ1n) is 4.51. The van der Waals surface area contributed by atoms with Gasteiger partial charge in [-0.3, -0.25) is 0 Å². The van der Waals surface area contributed by atoms with Gasteiger partial charge in [-0.25, -0.2) is 0 Å². The summed E-state index contributed by atoms with van der Waals surface area (Å²) < 4.78 is 5.28. The Balaban J connectivity index is 2.08. The summed E-state index contributed by atoms with van der Waals surface area (Å²) in [7, 11) is 0. The monoisotopic (exact) mass is 206 g/mol. The van der Waals surface area contributed by atoms with Gasteiger partial charge in [-0.05, 0) is 11.6 Å². The van der Waals surface area contributed by atoms with E-state index < -0.39 is 0 Å². The van der Waals surface area contributed by atoms with Gasteiger partial charge in [-0.15, -0.1) is 6.58 Å². The van der Waals surface area contributed by atoms with Crippen molar-refractivity contribution in [2.75, 3.05) is 0 Å². The Labute approximate surface area is 88.7 Å². The van der Waals surface area contributed by atoms with Gasteiger partial charge in [0.05, 0.1) is 5.03 Å². The molecule has 72 valence electrons. The highest BCUT2D eigenvalue weighted by Gasteiger charge is 2.38. The first-order chi connectivity index (χ1) is 6.81. The van der Waals surface area contributed by atoms with Crippen LogP contribution in [0, 0.1) is 0 Å². The maximum absolute atomic E-state index is 6.07. The highest BCUT2D eigenvalue weighted by Crippen LogP contribution is 2.33. The molecule has 0 aliphatic carbocycles. The summed E-state index contributed by atoms with van der Waals surface area (Å²) in [5.74, 6) is 0. The molecule has 1 aromatic rings. The lowest BCUT2D eigenvalue weighted by Crippen LogP contribution is -1.89. The molecular formula is C12H11ClO. The third-order valence-electron chi connectivity index (χ3n) is 2.13. The summed E-state index contributed by atoms with van der Waals surface area (Å²) in [5, 5.41) is 0.737. The van der Waals surface area contributed by atoms with Gasteiger partial charge in [0.15, 0.2) is 0 Å². The third kappa shape index (κ3) is 2.06. The van der Waals surface area contributed by atoms with Crippen LogP contribution in [0.3, 0.4) is 0 Å². The summed E-state index contributed by atoms with van der Waals surface area (Å²) in [6.45, 7) is 3.65. The SMILES string of the molecule is C=C[C@H]1O[C@H]1/C(Cl)=C/c1ccccc1. The molecule has 1 aliphatic rings. The molecular weight excluding hydrogens is 196 g/mol. The van der Waals surface area contributed by atoms with Crippen LogP contribution in [0.1, 0.15) is 5.56 Å². The number of rotatable bonds is 3. The normalized spacial score (nSPS) is 25.9. The Kier molecular flexibility index (Phi) is 2.71. The molecule has 0 spiro atoms. The zero-order chi connectivity index (χ0) is 9.97. The quantitative estimate of drug-likeness (QED) is 0.547. The van der Waals surface area contributed by atoms with Crippen LogP contribution in [0.15, 0.2) is 48.0 Å². The molecule has 1 nitrogen and oxygen atoms in total. The Morgan fingerprint density at radius 1 is 1.36 bits per heavy atom. The number of hydrogen-bond donors (Lipinski definition) is 0. The molecule has 0 aromatic heterocycles. The van der Waals surface area contributed by atoms with Crippen LogP contribution in [0.4, 0.5) is 0 Å². The van der Waals surface area contributed by atoms with Gasteiger partial charge >= 0.3 is 0 Å². The van der Waals surface area contributed by atoms with Crippen molar-refractivity contribution in [1.29, 1.82) is 0 Å². The van der Waals surface area contributed by atoms with Crippen molar-refractivity contribution in [2.24, 2.45) is 0 Å². The fourth-order valence-corrected chi connectivity index (χ4v) is 1.62. The molecule has 0 radical (unpaired) electrons. The van der Waals surface area contributed by atoms with E-state index in [2.05, 4.69) is 6.58 Å². The Morgan fingerprint density at radius 2 is 2.07 bits per heavy atom. The lowest BCUT2D eigenvalue weighted by atomic mass is 10.2. The van der Waals surface area contributed by atoms with Crippen molar-refractivity contribution in [3.8, 4) is 0 Å². The maximum atomic E-state index is 6.07. The van der Waals surface area contributed by atoms with E-state index in [0.717, 1.165) is 10.6 Å². The lowest BCUT2D eigenvalue weighted by Gasteiger charge is -1.93. The molecule has 1 fully saturated rings. The second kappa shape index (κ2) is 3.99. The topological polar surface area (TPSA) is 12.5 Å².